The van der Waals surface area contributed by atoms with Gasteiger partial charge in [-0.3, -0.25) is 0 Å². The summed E-state index contributed by atoms with van der Waals surface area (Å²) >= 11 is 0. The molecule has 13 heavy (non-hydrogen) atoms. The number of hydrogen-bond donors (Lipinski definition) is 1. The molecule has 1 rings (SSSR count). The zero-order valence-electron chi connectivity index (χ0n) is 6.83. The van der Waals surface area contributed by atoms with Gasteiger partial charge in [-0.15, -0.1) is 34.0 Å². The van der Waals surface area contributed by atoms with Gasteiger partial charge in [-0.1, -0.05) is 18.2 Å². The third-order valence-corrected chi connectivity index (χ3v) is 1.10. The monoisotopic (exact) mass is 400 g/mol. The fraction of sp³-hybridized carbons (Fsp3) is 0.250. The minimum Gasteiger partial charge on any atom is -0.491 e. The van der Waals surface area contributed by atoms with Crippen molar-refractivity contribution >= 4 is 34.0 Å². The minimum atomic E-state index is 0. The van der Waals surface area contributed by atoms with E-state index in [4.69, 9.17) is 9.84 Å². The molecule has 5 heteroatoms. The van der Waals surface area contributed by atoms with Crippen molar-refractivity contribution in [3.05, 3.63) is 30.3 Å². The van der Waals surface area contributed by atoms with Gasteiger partial charge in [0, 0.05) is 19.5 Å². The van der Waals surface area contributed by atoms with E-state index in [9.17, 15) is 0 Å². The topological polar surface area (TPSA) is 29.5 Å². The van der Waals surface area contributed by atoms with Gasteiger partial charge >= 0.3 is 0 Å². The zero-order valence-corrected chi connectivity index (χ0v) is 12.0. The summed E-state index contributed by atoms with van der Waals surface area (Å²) in [7, 11) is 0. The summed E-state index contributed by atoms with van der Waals surface area (Å²) in [6, 6.07) is 9.43. The Labute approximate surface area is 112 Å². The summed E-state index contributed by atoms with van der Waals surface area (Å²) < 4.78 is 5.11. The molecule has 0 saturated carbocycles. The maximum absolute atomic E-state index is 8.40. The smallest absolute Gasteiger partial charge is 0.119 e. The van der Waals surface area contributed by atoms with E-state index in [0.717, 1.165) is 5.75 Å². The van der Waals surface area contributed by atoms with Crippen molar-refractivity contribution in [2.75, 3.05) is 13.2 Å². The Balaban J connectivity index is -0.000000333. The van der Waals surface area contributed by atoms with Crippen molar-refractivity contribution in [1.82, 2.24) is 0 Å². The zero-order chi connectivity index (χ0) is 7.23. The molecule has 0 fully saturated rings. The van der Waals surface area contributed by atoms with Crippen LogP contribution in [0.1, 0.15) is 0 Å². The van der Waals surface area contributed by atoms with Crippen molar-refractivity contribution in [2.45, 2.75) is 0 Å². The molecular formula is C8H12Br2O2Ru. The summed E-state index contributed by atoms with van der Waals surface area (Å²) in [4.78, 5) is 0. The van der Waals surface area contributed by atoms with Crippen LogP contribution in [-0.2, 0) is 19.5 Å². The van der Waals surface area contributed by atoms with E-state index in [2.05, 4.69) is 0 Å². The first-order valence-electron chi connectivity index (χ1n) is 3.22. The second-order valence-electron chi connectivity index (χ2n) is 1.89. The molecule has 0 aromatic heterocycles. The van der Waals surface area contributed by atoms with Gasteiger partial charge in [0.2, 0.25) is 0 Å². The Morgan fingerprint density at radius 3 is 2.08 bits per heavy atom. The summed E-state index contributed by atoms with van der Waals surface area (Å²) in [5.74, 6) is 0.802. The predicted molar refractivity (Wildman–Crippen MR) is 59.7 cm³/mol. The molecule has 0 heterocycles. The Morgan fingerprint density at radius 2 is 1.62 bits per heavy atom. The molecule has 0 saturated heterocycles. The number of rotatable bonds is 3. The van der Waals surface area contributed by atoms with Gasteiger partial charge in [0.1, 0.15) is 12.4 Å². The van der Waals surface area contributed by atoms with E-state index in [1.54, 1.807) is 0 Å². The van der Waals surface area contributed by atoms with E-state index in [1.807, 2.05) is 30.3 Å². The van der Waals surface area contributed by atoms with Crippen molar-refractivity contribution in [2.24, 2.45) is 0 Å². The van der Waals surface area contributed by atoms with Gasteiger partial charge in [-0.25, -0.2) is 0 Å². The van der Waals surface area contributed by atoms with E-state index < -0.39 is 0 Å². The molecule has 0 unspecified atom stereocenters. The van der Waals surface area contributed by atoms with E-state index in [1.165, 1.54) is 0 Å². The van der Waals surface area contributed by atoms with Crippen LogP contribution in [0.3, 0.4) is 0 Å². The first-order chi connectivity index (χ1) is 4.93. The van der Waals surface area contributed by atoms with Crippen molar-refractivity contribution in [3.8, 4) is 5.75 Å². The molecular weight excluding hydrogens is 389 g/mol. The summed E-state index contributed by atoms with van der Waals surface area (Å²) in [5.41, 5.74) is 0. The molecule has 2 nitrogen and oxygen atoms in total. The molecule has 1 aromatic rings. The molecule has 0 bridgehead atoms. The van der Waals surface area contributed by atoms with Crippen LogP contribution in [0, 0.1) is 0 Å². The number of hydrogen-bond acceptors (Lipinski definition) is 2. The van der Waals surface area contributed by atoms with E-state index >= 15 is 0 Å². The molecule has 0 aliphatic carbocycles. The first kappa shape index (κ1) is 19.2. The second kappa shape index (κ2) is 12.6. The summed E-state index contributed by atoms with van der Waals surface area (Å²) in [6.45, 7) is 0.429. The molecule has 1 N–H and O–H groups in total. The van der Waals surface area contributed by atoms with Crippen LogP contribution < -0.4 is 4.74 Å². The van der Waals surface area contributed by atoms with Crippen molar-refractivity contribution in [3.63, 3.8) is 0 Å². The predicted octanol–water partition coefficient (Wildman–Crippen LogP) is 2.21. The number of para-hydroxylation sites is 1. The Hall–Kier alpha value is 0.563. The molecule has 0 aliphatic heterocycles. The molecule has 0 radical (unpaired) electrons. The van der Waals surface area contributed by atoms with Gasteiger partial charge in [-0.2, -0.15) is 0 Å². The standard InChI is InChI=1S/C8H10O2.2BrH.Ru/c9-6-7-10-8-4-2-1-3-5-8;;;/h1-5,9H,6-7H2;2*1H;. The second-order valence-corrected chi connectivity index (χ2v) is 1.89. The van der Waals surface area contributed by atoms with E-state index in [-0.39, 0.29) is 60.0 Å². The SMILES string of the molecule is Br.Br.OCCOc1ccccc1.[Ru]. The van der Waals surface area contributed by atoms with Crippen LogP contribution in [0.25, 0.3) is 0 Å². The molecule has 0 atom stereocenters. The largest absolute Gasteiger partial charge is 0.491 e. The third kappa shape index (κ3) is 8.88. The number of benzene rings is 1. The average molecular weight is 401 g/mol. The summed E-state index contributed by atoms with van der Waals surface area (Å²) in [6.07, 6.45) is 0. The van der Waals surface area contributed by atoms with Crippen LogP contribution in [0.15, 0.2) is 30.3 Å². The molecule has 0 aliphatic rings. The van der Waals surface area contributed by atoms with E-state index in [0.29, 0.717) is 6.61 Å². The van der Waals surface area contributed by atoms with Crippen LogP contribution in [0.4, 0.5) is 0 Å². The van der Waals surface area contributed by atoms with Crippen molar-refractivity contribution in [1.29, 1.82) is 0 Å². The van der Waals surface area contributed by atoms with Gasteiger partial charge in [0.05, 0.1) is 6.61 Å². The minimum absolute atomic E-state index is 0. The number of halogens is 2. The fourth-order valence-electron chi connectivity index (χ4n) is 0.680. The Bertz CT molecular complexity index is 185. The van der Waals surface area contributed by atoms with Gasteiger partial charge in [0.15, 0.2) is 0 Å². The average Bonchev–Trinajstić information content (AvgIpc) is 2.03. The van der Waals surface area contributed by atoms with Crippen LogP contribution in [0.5, 0.6) is 5.75 Å². The molecule has 0 amide bonds. The molecule has 1 aromatic carbocycles. The maximum atomic E-state index is 8.40. The van der Waals surface area contributed by atoms with Gasteiger partial charge in [-0.05, 0) is 12.1 Å². The number of aliphatic hydroxyl groups excluding tert-OH is 1. The summed E-state index contributed by atoms with van der Waals surface area (Å²) in [5, 5.41) is 8.40. The van der Waals surface area contributed by atoms with Gasteiger partial charge < -0.3 is 9.84 Å². The molecule has 78 valence electrons. The third-order valence-electron chi connectivity index (χ3n) is 1.10. The van der Waals surface area contributed by atoms with Crippen LogP contribution in [-0.4, -0.2) is 18.3 Å². The van der Waals surface area contributed by atoms with Crippen LogP contribution >= 0.6 is 34.0 Å². The van der Waals surface area contributed by atoms with Gasteiger partial charge in [0.25, 0.3) is 0 Å². The maximum Gasteiger partial charge on any atom is 0.119 e. The Kier molecular flexibility index (Phi) is 18.5. The normalized spacial score (nSPS) is 7.15. The molecule has 0 spiro atoms. The first-order valence-corrected chi connectivity index (χ1v) is 3.22. The quantitative estimate of drug-likeness (QED) is 0.788. The van der Waals surface area contributed by atoms with Crippen LogP contribution in [0.2, 0.25) is 0 Å². The number of aliphatic hydroxyl groups is 1. The Morgan fingerprint density at radius 1 is 1.08 bits per heavy atom. The number of ether oxygens (including phenoxy) is 1. The van der Waals surface area contributed by atoms with Crippen molar-refractivity contribution < 1.29 is 29.3 Å². The fourth-order valence-corrected chi connectivity index (χ4v) is 0.680.